The van der Waals surface area contributed by atoms with Gasteiger partial charge in [0.15, 0.2) is 0 Å². The summed E-state index contributed by atoms with van der Waals surface area (Å²) < 4.78 is 102. The van der Waals surface area contributed by atoms with E-state index < -0.39 is 31.2 Å². The first-order chi connectivity index (χ1) is 6.00. The SMILES string of the molecule is O.O.O.O.O.O.O.O.O.O.O.O.O.O.O.O.O.O.O.O.O.O.O.O.O.O.O.O.O.O.O.O.O.O.O.O.O.O.O.O.O.O.O.O.O.O.O.O.O=S(=O)([O-])[O-].O=S(=O)([O-])[O-].O=S(=O)([O-])[O-].[Al+3].[Al+3]. The fourth-order valence-electron chi connectivity index (χ4n) is 0. The molecule has 0 saturated carbocycles. The first-order valence-corrected chi connectivity index (χ1v) is 6.00. The van der Waals surface area contributed by atoms with Gasteiger partial charge in [-0.25, -0.2) is 0 Å². The van der Waals surface area contributed by atoms with Crippen molar-refractivity contribution in [3.63, 3.8) is 0 Å². The van der Waals surface area contributed by atoms with E-state index in [4.69, 9.17) is 52.6 Å². The van der Waals surface area contributed by atoms with Gasteiger partial charge >= 0.3 is 34.7 Å². The maximum Gasteiger partial charge on any atom is 3.00 e. The van der Waals surface area contributed by atoms with Gasteiger partial charge in [-0.1, -0.05) is 0 Å². The molecular formula is H96Al2O60S3. The predicted molar refractivity (Wildman–Crippen MR) is 216 cm³/mol. The average Bonchev–Trinajstić information content (AvgIpc) is 1.41. The molecule has 0 radical (unpaired) electrons. The molecule has 0 aliphatic heterocycles. The molecule has 0 atom stereocenters. The largest absolute Gasteiger partial charge is 3.00 e. The van der Waals surface area contributed by atoms with Crippen LogP contribution in [0.4, 0.5) is 0 Å². The Balaban J connectivity index is -0.000000000471. The summed E-state index contributed by atoms with van der Waals surface area (Å²) in [7, 11) is -15.5. The topological polar surface area (TPSA) is 1750 Å². The summed E-state index contributed by atoms with van der Waals surface area (Å²) in [6, 6.07) is 0. The maximum absolute atomic E-state index is 8.52. The molecule has 0 aliphatic carbocycles. The Bertz CT molecular complexity index is 351. The van der Waals surface area contributed by atoms with E-state index in [1.165, 1.54) is 0 Å². The molecule has 0 aromatic heterocycles. The molecule has 0 aromatic rings. The minimum atomic E-state index is -5.17. The molecule has 65 heteroatoms. The van der Waals surface area contributed by atoms with Gasteiger partial charge in [-0.3, -0.25) is 25.3 Å². The molecule has 96 N–H and O–H groups in total. The van der Waals surface area contributed by atoms with E-state index in [2.05, 4.69) is 0 Å². The van der Waals surface area contributed by atoms with Crippen molar-refractivity contribution in [3.8, 4) is 0 Å². The molecule has 60 nitrogen and oxygen atoms in total. The molecule has 0 amide bonds. The average molecular weight is 1210 g/mol. The van der Waals surface area contributed by atoms with E-state index in [-0.39, 0.29) is 298 Å². The minimum Gasteiger partial charge on any atom is -0.759 e. The van der Waals surface area contributed by atoms with Crippen LogP contribution in [0.1, 0.15) is 0 Å². The van der Waals surface area contributed by atoms with Crippen molar-refractivity contribution in [2.24, 2.45) is 0 Å². The standard InChI is InChI=1S/2Al.3H2O4S.48H2O/c;;3*1-5(2,3)4;;;;;;;;;;;;;;;;;;;;;;;;;;;;;;;;;;;;;;;;;;;;;;;;/h;;3*(H2,1,2,3,4);48*1H2/q2*+3;;;;;;;;;;;;;;;;;;;;;;;;;;;;;;;;;;;;;;;;;;;;;;;;;;;/p-6. The Labute approximate surface area is 381 Å². The van der Waals surface area contributed by atoms with Crippen LogP contribution >= 0.6 is 0 Å². The number of rotatable bonds is 0. The molecule has 480 valence electrons. The number of hydrogen-bond donors (Lipinski definition) is 0. The second kappa shape index (κ2) is 853. The fourth-order valence-corrected chi connectivity index (χ4v) is 0. The van der Waals surface area contributed by atoms with Crippen LogP contribution < -0.4 is 0 Å². The Morgan fingerprint density at radius 2 is 0.123 bits per heavy atom. The van der Waals surface area contributed by atoms with E-state index in [1.807, 2.05) is 0 Å². The third-order valence-corrected chi connectivity index (χ3v) is 0. The van der Waals surface area contributed by atoms with E-state index in [9.17, 15) is 0 Å². The Kier molecular flexibility index (Phi) is 28500. The normalized spacial score (nSPS) is 2.68. The monoisotopic (exact) mass is 1210 g/mol. The molecule has 0 bridgehead atoms. The first kappa shape index (κ1) is 2170. The minimum absolute atomic E-state index is 0. The summed E-state index contributed by atoms with van der Waals surface area (Å²) in [4.78, 5) is 0. The Morgan fingerprint density at radius 1 is 0.123 bits per heavy atom. The summed E-state index contributed by atoms with van der Waals surface area (Å²) in [6.45, 7) is 0. The van der Waals surface area contributed by atoms with E-state index in [1.54, 1.807) is 0 Å². The van der Waals surface area contributed by atoms with Gasteiger partial charge in [-0.15, -0.1) is 0 Å². The zero-order valence-electron chi connectivity index (χ0n) is 31.3. The molecule has 0 fully saturated rings. The van der Waals surface area contributed by atoms with Crippen LogP contribution in [0.2, 0.25) is 0 Å². The van der Waals surface area contributed by atoms with Crippen LogP contribution in [0, 0.1) is 0 Å². The molecule has 0 heterocycles. The maximum atomic E-state index is 8.52. The molecular weight excluding hydrogens is 1110 g/mol. The second-order valence-corrected chi connectivity index (χ2v) is 3.67. The van der Waals surface area contributed by atoms with Crippen molar-refractivity contribution in [1.29, 1.82) is 0 Å². The molecule has 0 unspecified atom stereocenters. The quantitative estimate of drug-likeness (QED) is 0.124. The molecule has 65 heavy (non-hydrogen) atoms. The van der Waals surface area contributed by atoms with Crippen molar-refractivity contribution in [1.82, 2.24) is 0 Å². The van der Waals surface area contributed by atoms with Gasteiger partial charge in [0.25, 0.3) is 0 Å². The summed E-state index contributed by atoms with van der Waals surface area (Å²) >= 11 is 0. The van der Waals surface area contributed by atoms with Crippen LogP contribution in [-0.4, -0.2) is 350 Å². The van der Waals surface area contributed by atoms with Gasteiger partial charge in [0.1, 0.15) is 0 Å². The van der Waals surface area contributed by atoms with E-state index in [0.29, 0.717) is 0 Å². The predicted octanol–water partition coefficient (Wildman–Crippen LogP) is -44.4. The van der Waals surface area contributed by atoms with Crippen LogP contribution in [0.5, 0.6) is 0 Å². The van der Waals surface area contributed by atoms with Crippen LogP contribution in [0.3, 0.4) is 0 Å². The molecule has 0 saturated heterocycles. The second-order valence-electron chi connectivity index (χ2n) is 1.22. The van der Waals surface area contributed by atoms with Crippen molar-refractivity contribution < 1.29 is 315 Å². The molecule has 0 aromatic carbocycles. The van der Waals surface area contributed by atoms with Gasteiger partial charge in [-0.05, 0) is 0 Å². The summed E-state index contributed by atoms with van der Waals surface area (Å²) in [6.07, 6.45) is 0. The fraction of sp³-hybridized carbons (Fsp3) is 0. The number of hydrogen-bond acceptors (Lipinski definition) is 12. The third-order valence-electron chi connectivity index (χ3n) is 0. The molecule has 0 aliphatic rings. The van der Waals surface area contributed by atoms with Crippen molar-refractivity contribution in [3.05, 3.63) is 0 Å². The van der Waals surface area contributed by atoms with Gasteiger partial charge in [0.05, 0.1) is 0 Å². The molecule has 0 spiro atoms. The van der Waals surface area contributed by atoms with Crippen molar-refractivity contribution in [2.75, 3.05) is 0 Å². The summed E-state index contributed by atoms with van der Waals surface area (Å²) in [5, 5.41) is 0. The zero-order valence-corrected chi connectivity index (χ0v) is 36.0. The van der Waals surface area contributed by atoms with Gasteiger partial charge < -0.3 is 290 Å². The van der Waals surface area contributed by atoms with Crippen LogP contribution in [0.25, 0.3) is 0 Å². The van der Waals surface area contributed by atoms with Crippen LogP contribution in [0.15, 0.2) is 0 Å². The smallest absolute Gasteiger partial charge is 0.759 e. The van der Waals surface area contributed by atoms with Crippen molar-refractivity contribution >= 4 is 65.9 Å². The van der Waals surface area contributed by atoms with Crippen LogP contribution in [-0.2, 0) is 31.2 Å². The van der Waals surface area contributed by atoms with E-state index >= 15 is 0 Å². The molecule has 0 rings (SSSR count). The third kappa shape index (κ3) is 149000. The van der Waals surface area contributed by atoms with Gasteiger partial charge in [0.2, 0.25) is 0 Å². The van der Waals surface area contributed by atoms with E-state index in [0.717, 1.165) is 0 Å². The summed E-state index contributed by atoms with van der Waals surface area (Å²) in [5.41, 5.74) is 0. The van der Waals surface area contributed by atoms with Gasteiger partial charge in [0, 0.05) is 31.2 Å². The zero-order chi connectivity index (χ0) is 13.5. The Morgan fingerprint density at radius 3 is 0.123 bits per heavy atom. The van der Waals surface area contributed by atoms with Crippen molar-refractivity contribution in [2.45, 2.75) is 0 Å². The Hall–Kier alpha value is -1.25. The summed E-state index contributed by atoms with van der Waals surface area (Å²) in [5.74, 6) is 0. The van der Waals surface area contributed by atoms with Gasteiger partial charge in [-0.2, -0.15) is 0 Å². The first-order valence-electron chi connectivity index (χ1n) is 2.00.